The van der Waals surface area contributed by atoms with E-state index in [1.54, 1.807) is 32.9 Å². The predicted octanol–water partition coefficient (Wildman–Crippen LogP) is 2.30. The maximum atomic E-state index is 11.6. The molecule has 21 heavy (non-hydrogen) atoms. The van der Waals surface area contributed by atoms with Gasteiger partial charge in [-0.05, 0) is 51.3 Å². The van der Waals surface area contributed by atoms with Crippen molar-refractivity contribution in [2.75, 3.05) is 0 Å². The lowest BCUT2D eigenvalue weighted by atomic mass is 10.1. The Kier molecular flexibility index (Phi) is 5.58. The number of aromatic hydroxyl groups is 1. The van der Waals surface area contributed by atoms with E-state index in [0.29, 0.717) is 6.42 Å². The van der Waals surface area contributed by atoms with E-state index in [2.05, 4.69) is 5.32 Å². The van der Waals surface area contributed by atoms with Crippen LogP contribution in [0.3, 0.4) is 0 Å². The normalized spacial score (nSPS) is 12.5. The molecule has 0 unspecified atom stereocenters. The van der Waals surface area contributed by atoms with Gasteiger partial charge in [-0.2, -0.15) is 0 Å². The second kappa shape index (κ2) is 6.97. The monoisotopic (exact) mass is 295 g/mol. The fourth-order valence-corrected chi connectivity index (χ4v) is 1.68. The molecule has 0 fully saturated rings. The van der Waals surface area contributed by atoms with Crippen molar-refractivity contribution in [1.29, 1.82) is 0 Å². The first-order valence-electron chi connectivity index (χ1n) is 6.67. The molecule has 0 radical (unpaired) electrons. The van der Waals surface area contributed by atoms with Crippen molar-refractivity contribution < 1.29 is 24.5 Å². The van der Waals surface area contributed by atoms with Crippen molar-refractivity contribution in [3.63, 3.8) is 0 Å². The zero-order valence-electron chi connectivity index (χ0n) is 12.4. The summed E-state index contributed by atoms with van der Waals surface area (Å²) in [5, 5.41) is 20.7. The van der Waals surface area contributed by atoms with Crippen LogP contribution in [0.1, 0.15) is 32.8 Å². The van der Waals surface area contributed by atoms with Gasteiger partial charge in [0.15, 0.2) is 0 Å². The average molecular weight is 295 g/mol. The van der Waals surface area contributed by atoms with E-state index in [1.165, 1.54) is 12.1 Å². The van der Waals surface area contributed by atoms with Crippen LogP contribution in [0.4, 0.5) is 4.79 Å². The Morgan fingerprint density at radius 1 is 1.24 bits per heavy atom. The highest BCUT2D eigenvalue weighted by Crippen LogP contribution is 2.12. The molecule has 0 saturated heterocycles. The molecule has 6 nitrogen and oxygen atoms in total. The number of rotatable bonds is 5. The summed E-state index contributed by atoms with van der Waals surface area (Å²) >= 11 is 0. The van der Waals surface area contributed by atoms with Crippen LogP contribution in [-0.4, -0.2) is 33.9 Å². The number of ether oxygens (including phenoxy) is 1. The van der Waals surface area contributed by atoms with Crippen LogP contribution in [0.2, 0.25) is 0 Å². The minimum Gasteiger partial charge on any atom is -0.508 e. The highest BCUT2D eigenvalue weighted by molar-refractivity contribution is 5.80. The van der Waals surface area contributed by atoms with Gasteiger partial charge in [-0.15, -0.1) is 0 Å². The number of carboxylic acid groups (broad SMARTS) is 1. The third kappa shape index (κ3) is 6.65. The summed E-state index contributed by atoms with van der Waals surface area (Å²) in [4.78, 5) is 22.8. The summed E-state index contributed by atoms with van der Waals surface area (Å²) in [6.45, 7) is 5.12. The van der Waals surface area contributed by atoms with Gasteiger partial charge in [0.2, 0.25) is 0 Å². The summed E-state index contributed by atoms with van der Waals surface area (Å²) in [5.41, 5.74) is 0.203. The fraction of sp³-hybridized carbons (Fsp3) is 0.467. The lowest BCUT2D eigenvalue weighted by Crippen LogP contribution is -2.43. The first-order chi connectivity index (χ1) is 9.67. The molecule has 0 aliphatic carbocycles. The van der Waals surface area contributed by atoms with Gasteiger partial charge < -0.3 is 20.3 Å². The molecule has 3 N–H and O–H groups in total. The molecule has 0 spiro atoms. The third-order valence-electron chi connectivity index (χ3n) is 2.65. The van der Waals surface area contributed by atoms with Crippen LogP contribution in [-0.2, 0) is 16.0 Å². The zero-order valence-corrected chi connectivity index (χ0v) is 12.4. The molecule has 0 heterocycles. The highest BCUT2D eigenvalue weighted by Gasteiger charge is 2.23. The number of carbonyl (C=O) groups excluding carboxylic acids is 1. The number of benzene rings is 1. The second-order valence-electron chi connectivity index (χ2n) is 5.74. The summed E-state index contributed by atoms with van der Waals surface area (Å²) in [6.07, 6.45) is -0.0486. The van der Waals surface area contributed by atoms with Gasteiger partial charge in [0.1, 0.15) is 17.4 Å². The van der Waals surface area contributed by atoms with Crippen LogP contribution >= 0.6 is 0 Å². The van der Waals surface area contributed by atoms with Crippen molar-refractivity contribution in [3.8, 4) is 5.75 Å². The molecule has 116 valence electrons. The molecule has 1 aromatic rings. The summed E-state index contributed by atoms with van der Waals surface area (Å²) in [5.74, 6) is -0.958. The van der Waals surface area contributed by atoms with Crippen LogP contribution in [0.5, 0.6) is 5.75 Å². The lowest BCUT2D eigenvalue weighted by molar-refractivity contribution is -0.139. The van der Waals surface area contributed by atoms with E-state index in [0.717, 1.165) is 5.56 Å². The van der Waals surface area contributed by atoms with Crippen LogP contribution in [0.15, 0.2) is 24.3 Å². The molecule has 1 rings (SSSR count). The number of carboxylic acids is 1. The molecule has 0 bridgehead atoms. The second-order valence-corrected chi connectivity index (χ2v) is 5.74. The number of phenolic OH excluding ortho intramolecular Hbond substituents is 1. The molecule has 0 saturated carbocycles. The summed E-state index contributed by atoms with van der Waals surface area (Å²) in [6, 6.07) is 5.47. The number of amides is 1. The molecule has 1 atom stereocenters. The standard InChI is InChI=1S/C15H21NO5/c1-15(2,3)21-14(20)16-12(13(18)19)9-6-10-4-7-11(17)8-5-10/h4-5,7-8,12,17H,6,9H2,1-3H3,(H,16,20)(H,18,19)/t12-/m0/s1. The number of alkyl carbamates (subject to hydrolysis) is 1. The Morgan fingerprint density at radius 2 is 1.81 bits per heavy atom. The molecule has 1 amide bonds. The number of aliphatic carboxylic acids is 1. The van der Waals surface area contributed by atoms with Gasteiger partial charge in [-0.1, -0.05) is 12.1 Å². The molecule has 0 aliphatic heterocycles. The molecule has 1 aromatic carbocycles. The zero-order chi connectivity index (χ0) is 16.0. The summed E-state index contributed by atoms with van der Waals surface area (Å²) in [7, 11) is 0. The van der Waals surface area contributed by atoms with Gasteiger partial charge >= 0.3 is 12.1 Å². The van der Waals surface area contributed by atoms with Gasteiger partial charge in [0.25, 0.3) is 0 Å². The minimum atomic E-state index is -1.11. The number of aryl methyl sites for hydroxylation is 1. The fourth-order valence-electron chi connectivity index (χ4n) is 1.68. The Labute approximate surface area is 123 Å². The van der Waals surface area contributed by atoms with Gasteiger partial charge in [-0.25, -0.2) is 9.59 Å². The van der Waals surface area contributed by atoms with Crippen LogP contribution in [0, 0.1) is 0 Å². The first kappa shape index (κ1) is 16.8. The molecule has 0 aromatic heterocycles. The van der Waals surface area contributed by atoms with E-state index < -0.39 is 23.7 Å². The maximum absolute atomic E-state index is 11.6. The predicted molar refractivity (Wildman–Crippen MR) is 77.2 cm³/mol. The quantitative estimate of drug-likeness (QED) is 0.774. The largest absolute Gasteiger partial charge is 0.508 e. The van der Waals surface area contributed by atoms with Gasteiger partial charge in [0, 0.05) is 0 Å². The maximum Gasteiger partial charge on any atom is 0.408 e. The summed E-state index contributed by atoms with van der Waals surface area (Å²) < 4.78 is 5.04. The van der Waals surface area contributed by atoms with E-state index in [4.69, 9.17) is 9.84 Å². The SMILES string of the molecule is CC(C)(C)OC(=O)N[C@@H](CCc1ccc(O)cc1)C(=O)O. The minimum absolute atomic E-state index is 0.153. The van der Waals surface area contributed by atoms with Gasteiger partial charge in [0.05, 0.1) is 0 Å². The topological polar surface area (TPSA) is 95.9 Å². The highest BCUT2D eigenvalue weighted by atomic mass is 16.6. The third-order valence-corrected chi connectivity index (χ3v) is 2.65. The number of hydrogen-bond donors (Lipinski definition) is 3. The Balaban J connectivity index is 2.56. The van der Waals surface area contributed by atoms with Crippen molar-refractivity contribution in [1.82, 2.24) is 5.32 Å². The number of carbonyl (C=O) groups is 2. The number of nitrogens with one attached hydrogen (secondary N) is 1. The van der Waals surface area contributed by atoms with Crippen molar-refractivity contribution in [2.45, 2.75) is 45.3 Å². The van der Waals surface area contributed by atoms with Crippen LogP contribution in [0.25, 0.3) is 0 Å². The van der Waals surface area contributed by atoms with E-state index >= 15 is 0 Å². The Hall–Kier alpha value is -2.24. The number of hydrogen-bond acceptors (Lipinski definition) is 4. The van der Waals surface area contributed by atoms with Crippen LogP contribution < -0.4 is 5.32 Å². The van der Waals surface area contributed by atoms with Gasteiger partial charge in [-0.3, -0.25) is 0 Å². The Bertz CT molecular complexity index is 490. The van der Waals surface area contributed by atoms with Crippen molar-refractivity contribution in [2.24, 2.45) is 0 Å². The molecule has 0 aliphatic rings. The first-order valence-corrected chi connectivity index (χ1v) is 6.67. The van der Waals surface area contributed by atoms with Crippen molar-refractivity contribution >= 4 is 12.1 Å². The molecular weight excluding hydrogens is 274 g/mol. The van der Waals surface area contributed by atoms with E-state index in [-0.39, 0.29) is 12.2 Å². The number of phenols is 1. The Morgan fingerprint density at radius 3 is 2.29 bits per heavy atom. The van der Waals surface area contributed by atoms with E-state index in [9.17, 15) is 14.7 Å². The van der Waals surface area contributed by atoms with E-state index in [1.807, 2.05) is 0 Å². The lowest BCUT2D eigenvalue weighted by Gasteiger charge is -2.22. The van der Waals surface area contributed by atoms with Crippen molar-refractivity contribution in [3.05, 3.63) is 29.8 Å². The molecular formula is C15H21NO5. The smallest absolute Gasteiger partial charge is 0.408 e. The molecule has 6 heteroatoms. The average Bonchev–Trinajstić information content (AvgIpc) is 2.33.